The van der Waals surface area contributed by atoms with Gasteiger partial charge in [-0.15, -0.1) is 6.58 Å². The zero-order valence-corrected chi connectivity index (χ0v) is 8.31. The molecule has 0 aromatic carbocycles. The molecule has 1 heterocycles. The highest BCUT2D eigenvalue weighted by Crippen LogP contribution is 2.10. The van der Waals surface area contributed by atoms with Crippen molar-refractivity contribution in [1.82, 2.24) is 10.6 Å². The Morgan fingerprint density at radius 1 is 1.64 bits per heavy atom. The lowest BCUT2D eigenvalue weighted by Gasteiger charge is -2.17. The largest absolute Gasteiger partial charge is 0.327 e. The van der Waals surface area contributed by atoms with Crippen molar-refractivity contribution in [1.29, 1.82) is 0 Å². The van der Waals surface area contributed by atoms with Gasteiger partial charge < -0.3 is 5.32 Å². The van der Waals surface area contributed by atoms with Gasteiger partial charge in [0.15, 0.2) is 0 Å². The lowest BCUT2D eigenvalue weighted by atomic mass is 10.2. The number of carbonyl (C=O) groups excluding carboxylic acids is 2. The molecule has 0 spiro atoms. The third kappa shape index (κ3) is 1.32. The molecule has 0 saturated carbocycles. The molecule has 1 fully saturated rings. The summed E-state index contributed by atoms with van der Waals surface area (Å²) in [6.07, 6.45) is 2.15. The van der Waals surface area contributed by atoms with E-state index in [9.17, 15) is 9.59 Å². The minimum Gasteiger partial charge on any atom is -0.327 e. The van der Waals surface area contributed by atoms with Crippen LogP contribution in [0.5, 0.6) is 0 Å². The van der Waals surface area contributed by atoms with E-state index in [-0.39, 0.29) is 5.91 Å². The summed E-state index contributed by atoms with van der Waals surface area (Å²) in [5.41, 5.74) is 0. The molecule has 1 aliphatic heterocycles. The van der Waals surface area contributed by atoms with E-state index in [2.05, 4.69) is 17.2 Å². The van der Waals surface area contributed by atoms with Crippen LogP contribution in [0.3, 0.4) is 0 Å². The van der Waals surface area contributed by atoms with Crippen LogP contribution in [0, 0.1) is 0 Å². The van der Waals surface area contributed by atoms with Crippen LogP contribution < -0.4 is 10.6 Å². The second-order valence-corrected chi connectivity index (χ2v) is 4.44. The summed E-state index contributed by atoms with van der Waals surface area (Å²) in [5, 5.41) is 4.11. The first-order chi connectivity index (χ1) is 5.08. The summed E-state index contributed by atoms with van der Waals surface area (Å²) in [4.78, 5) is 21.8. The highest BCUT2D eigenvalue weighted by molar-refractivity contribution is 6.33. The minimum atomic E-state index is -0.654. The van der Waals surface area contributed by atoms with Gasteiger partial charge in [0.05, 0.1) is 0 Å². The number of amides is 3. The number of hydrogen-bond acceptors (Lipinski definition) is 2. The average Bonchev–Trinajstić information content (AvgIpc) is 2.08. The van der Waals surface area contributed by atoms with Gasteiger partial charge in [-0.2, -0.15) is 0 Å². The Morgan fingerprint density at radius 2 is 2.27 bits per heavy atom. The predicted octanol–water partition coefficient (Wildman–Crippen LogP) is -1.54. The quantitative estimate of drug-likeness (QED) is 0.300. The first-order valence-corrected chi connectivity index (χ1v) is 4.33. The lowest BCUT2D eigenvalue weighted by molar-refractivity contribution is -0.121. The normalized spacial score (nSPS) is 29.8. The molecule has 0 aromatic heterocycles. The van der Waals surface area contributed by atoms with Crippen LogP contribution in [0.15, 0.2) is 12.7 Å². The Hall–Kier alpha value is -1.10. The van der Waals surface area contributed by atoms with Crippen LogP contribution in [0.1, 0.15) is 6.42 Å². The summed E-state index contributed by atoms with van der Waals surface area (Å²) < 4.78 is 0. The van der Waals surface area contributed by atoms with E-state index in [1.54, 1.807) is 6.08 Å². The molecule has 1 unspecified atom stereocenters. The molecule has 1 rings (SSSR count). The van der Waals surface area contributed by atoms with Crippen LogP contribution >= 0.6 is 0 Å². The van der Waals surface area contributed by atoms with E-state index >= 15 is 0 Å². The zero-order valence-electron chi connectivity index (χ0n) is 6.31. The van der Waals surface area contributed by atoms with Crippen molar-refractivity contribution in [3.8, 4) is 0 Å². The predicted molar refractivity (Wildman–Crippen MR) is 44.2 cm³/mol. The number of urea groups is 1. The van der Waals surface area contributed by atoms with E-state index in [1.165, 1.54) is 0 Å². The maximum atomic E-state index is 11.1. The number of imide groups is 1. The van der Waals surface area contributed by atoms with Crippen LogP contribution in [-0.2, 0) is 4.79 Å². The summed E-state index contributed by atoms with van der Waals surface area (Å²) in [7, 11) is 0.599. The van der Waals surface area contributed by atoms with Crippen LogP contribution in [0.2, 0.25) is 0 Å². The van der Waals surface area contributed by atoms with Crippen LogP contribution in [-0.4, -0.2) is 27.3 Å². The second-order valence-electron chi connectivity index (χ2n) is 2.73. The van der Waals surface area contributed by atoms with Gasteiger partial charge in [0.25, 0.3) is 0 Å². The fourth-order valence-electron chi connectivity index (χ4n) is 1.01. The van der Waals surface area contributed by atoms with E-state index in [0.717, 1.165) is 0 Å². The van der Waals surface area contributed by atoms with Crippen molar-refractivity contribution in [2.75, 3.05) is 0 Å². The Morgan fingerprint density at radius 3 is 2.64 bits per heavy atom. The fraction of sp³-hybridized carbons (Fsp3) is 0.333. The summed E-state index contributed by atoms with van der Waals surface area (Å²) in [5.74, 6) is -0.228. The van der Waals surface area contributed by atoms with Gasteiger partial charge in [0.1, 0.15) is 5.16 Å². The third-order valence-electron chi connectivity index (χ3n) is 1.67. The average molecular weight is 170 g/mol. The van der Waals surface area contributed by atoms with Crippen molar-refractivity contribution in [2.45, 2.75) is 11.6 Å². The molecule has 1 saturated heterocycles. The molecular weight excluding hydrogens is 160 g/mol. The number of nitrogens with one attached hydrogen (secondary N) is 2. The van der Waals surface area contributed by atoms with Gasteiger partial charge in [-0.05, 0) is 6.42 Å². The highest BCUT2D eigenvalue weighted by Gasteiger charge is 2.40. The van der Waals surface area contributed by atoms with E-state index in [0.29, 0.717) is 16.7 Å². The molecule has 0 bridgehead atoms. The first-order valence-electron chi connectivity index (χ1n) is 3.33. The highest BCUT2D eigenvalue weighted by atomic mass is 28.1. The second kappa shape index (κ2) is 2.50. The maximum absolute atomic E-state index is 11.1. The standard InChI is InChI=1S/C6H10N2O2Si/c1-2-3-6(11)4(9)7-5(10)8-6/h2H,1,3H2,11H3,(H2,7,8,9,10). The van der Waals surface area contributed by atoms with Crippen molar-refractivity contribution >= 4 is 22.2 Å². The monoisotopic (exact) mass is 170 g/mol. The first kappa shape index (κ1) is 8.00. The molecular formula is C6H10N2O2Si. The number of rotatable bonds is 2. The molecule has 4 nitrogen and oxygen atoms in total. The molecule has 2 N–H and O–H groups in total. The smallest absolute Gasteiger partial charge is 0.322 e. The summed E-state index contributed by atoms with van der Waals surface area (Å²) >= 11 is 0. The maximum Gasteiger partial charge on any atom is 0.322 e. The van der Waals surface area contributed by atoms with Crippen LogP contribution in [0.25, 0.3) is 0 Å². The topological polar surface area (TPSA) is 58.2 Å². The molecule has 1 aliphatic rings. The van der Waals surface area contributed by atoms with Gasteiger partial charge in [-0.25, -0.2) is 4.79 Å². The van der Waals surface area contributed by atoms with Crippen molar-refractivity contribution in [3.63, 3.8) is 0 Å². The van der Waals surface area contributed by atoms with Crippen LogP contribution in [0.4, 0.5) is 4.79 Å². The Kier molecular flexibility index (Phi) is 1.82. The van der Waals surface area contributed by atoms with Crippen molar-refractivity contribution in [2.24, 2.45) is 0 Å². The van der Waals surface area contributed by atoms with E-state index in [1.807, 2.05) is 0 Å². The van der Waals surface area contributed by atoms with E-state index in [4.69, 9.17) is 0 Å². The Labute approximate surface area is 67.5 Å². The lowest BCUT2D eigenvalue weighted by Crippen LogP contribution is -2.46. The van der Waals surface area contributed by atoms with Crippen molar-refractivity contribution in [3.05, 3.63) is 12.7 Å². The molecule has 3 amide bonds. The number of hydrogen-bond donors (Lipinski definition) is 2. The molecule has 0 aromatic rings. The molecule has 0 aliphatic carbocycles. The molecule has 1 atom stereocenters. The van der Waals surface area contributed by atoms with Gasteiger partial charge in [-0.1, -0.05) is 6.08 Å². The molecule has 0 radical (unpaired) electrons. The SMILES string of the molecule is C=CCC1([SiH3])NC(=O)NC1=O. The third-order valence-corrected chi connectivity index (χ3v) is 2.78. The Balaban J connectivity index is 2.78. The van der Waals surface area contributed by atoms with Crippen molar-refractivity contribution < 1.29 is 9.59 Å². The fourth-order valence-corrected chi connectivity index (χ4v) is 1.65. The summed E-state index contributed by atoms with van der Waals surface area (Å²) in [6, 6.07) is -0.396. The number of carbonyl (C=O) groups is 2. The van der Waals surface area contributed by atoms with Gasteiger partial charge in [0, 0.05) is 10.2 Å². The van der Waals surface area contributed by atoms with Gasteiger partial charge >= 0.3 is 6.03 Å². The zero-order chi connectivity index (χ0) is 8.48. The molecule has 60 valence electrons. The summed E-state index contributed by atoms with van der Waals surface area (Å²) in [6.45, 7) is 3.52. The molecule has 11 heavy (non-hydrogen) atoms. The minimum absolute atomic E-state index is 0.228. The molecule has 5 heteroatoms. The van der Waals surface area contributed by atoms with E-state index < -0.39 is 11.2 Å². The van der Waals surface area contributed by atoms with Gasteiger partial charge in [0.2, 0.25) is 5.91 Å². The Bertz CT molecular complexity index is 229. The van der Waals surface area contributed by atoms with Gasteiger partial charge in [-0.3, -0.25) is 10.1 Å².